The van der Waals surface area contributed by atoms with Crippen LogP contribution < -0.4 is 15.8 Å². The topological polar surface area (TPSA) is 75.7 Å². The highest BCUT2D eigenvalue weighted by Gasteiger charge is 2.17. The molecule has 1 saturated heterocycles. The average Bonchev–Trinajstić information content (AvgIpc) is 3.11. The fraction of sp³-hybridized carbons (Fsp3) is 0.250. The second-order valence-electron chi connectivity index (χ2n) is 6.92. The largest absolute Gasteiger partial charge is 0.422 e. The lowest BCUT2D eigenvalue weighted by atomic mass is 10.1. The molecule has 0 radical (unpaired) electrons. The first-order valence-corrected chi connectivity index (χ1v) is 9.04. The highest BCUT2D eigenvalue weighted by Crippen LogP contribution is 2.25. The van der Waals surface area contributed by atoms with E-state index in [4.69, 9.17) is 4.42 Å². The number of nitrogens with zero attached hydrogens (tertiary/aromatic N) is 4. The monoisotopic (exact) mass is 361 g/mol. The van der Waals surface area contributed by atoms with Crippen molar-refractivity contribution < 1.29 is 4.42 Å². The van der Waals surface area contributed by atoms with E-state index in [1.54, 1.807) is 16.8 Å². The minimum absolute atomic E-state index is 0.392. The molecule has 1 aromatic carbocycles. The maximum absolute atomic E-state index is 12.6. The van der Waals surface area contributed by atoms with Crippen molar-refractivity contribution in [1.29, 1.82) is 0 Å². The van der Waals surface area contributed by atoms with Crippen LogP contribution >= 0.6 is 0 Å². The van der Waals surface area contributed by atoms with Gasteiger partial charge in [0.15, 0.2) is 0 Å². The van der Waals surface area contributed by atoms with Gasteiger partial charge in [-0.25, -0.2) is 14.8 Å². The third-order valence-corrected chi connectivity index (χ3v) is 4.96. The Morgan fingerprint density at radius 1 is 1.30 bits per heavy atom. The van der Waals surface area contributed by atoms with Crippen LogP contribution in [0.15, 0.2) is 58.1 Å². The van der Waals surface area contributed by atoms with Crippen LogP contribution in [-0.4, -0.2) is 40.0 Å². The third kappa shape index (κ3) is 2.86. The normalized spacial score (nSPS) is 17.7. The van der Waals surface area contributed by atoms with Crippen LogP contribution in [0.5, 0.6) is 0 Å². The first-order chi connectivity index (χ1) is 13.2. The maximum atomic E-state index is 12.6. The Kier molecular flexibility index (Phi) is 3.68. The van der Waals surface area contributed by atoms with Crippen molar-refractivity contribution in [2.75, 3.05) is 24.5 Å². The smallest absolute Gasteiger partial charge is 0.345 e. The predicted octanol–water partition coefficient (Wildman–Crippen LogP) is 2.30. The Morgan fingerprint density at radius 3 is 3.07 bits per heavy atom. The van der Waals surface area contributed by atoms with Gasteiger partial charge in [0.05, 0.1) is 11.3 Å². The fourth-order valence-corrected chi connectivity index (χ4v) is 3.60. The zero-order chi connectivity index (χ0) is 18.4. The molecule has 136 valence electrons. The van der Waals surface area contributed by atoms with Crippen molar-refractivity contribution in [2.45, 2.75) is 13.0 Å². The SMILES string of the molecule is CC1CN(c2ccc3cc(-c4cn5cccnc5n4)c(=O)oc3c2)CCN1. The molecule has 0 aliphatic carbocycles. The molecule has 1 aliphatic heterocycles. The minimum atomic E-state index is -0.392. The number of aromatic nitrogens is 3. The van der Waals surface area contributed by atoms with E-state index in [1.807, 2.05) is 30.5 Å². The van der Waals surface area contributed by atoms with Gasteiger partial charge in [0.25, 0.3) is 0 Å². The van der Waals surface area contributed by atoms with Crippen molar-refractivity contribution in [2.24, 2.45) is 0 Å². The number of anilines is 1. The van der Waals surface area contributed by atoms with Gasteiger partial charge in [-0.2, -0.15) is 0 Å². The van der Waals surface area contributed by atoms with E-state index in [0.717, 1.165) is 30.7 Å². The van der Waals surface area contributed by atoms with Crippen molar-refractivity contribution in [1.82, 2.24) is 19.7 Å². The lowest BCUT2D eigenvalue weighted by molar-refractivity contribution is 0.484. The van der Waals surface area contributed by atoms with E-state index in [2.05, 4.69) is 33.2 Å². The average molecular weight is 361 g/mol. The summed E-state index contributed by atoms with van der Waals surface area (Å²) in [6.45, 7) is 4.99. The van der Waals surface area contributed by atoms with E-state index >= 15 is 0 Å². The number of imidazole rings is 1. The summed E-state index contributed by atoms with van der Waals surface area (Å²) in [4.78, 5) is 23.5. The van der Waals surface area contributed by atoms with Gasteiger partial charge in [-0.1, -0.05) is 0 Å². The molecule has 27 heavy (non-hydrogen) atoms. The number of fused-ring (bicyclic) bond motifs is 2. The van der Waals surface area contributed by atoms with Crippen molar-refractivity contribution in [3.8, 4) is 11.3 Å². The molecule has 7 nitrogen and oxygen atoms in total. The number of nitrogens with one attached hydrogen (secondary N) is 1. The zero-order valence-electron chi connectivity index (χ0n) is 14.9. The van der Waals surface area contributed by atoms with Gasteiger partial charge in [0, 0.05) is 61.4 Å². The molecule has 1 unspecified atom stereocenters. The Bertz CT molecular complexity index is 1160. The lowest BCUT2D eigenvalue weighted by Gasteiger charge is -2.33. The van der Waals surface area contributed by atoms with Crippen LogP contribution in [0.2, 0.25) is 0 Å². The van der Waals surface area contributed by atoms with Crippen LogP contribution in [0.4, 0.5) is 5.69 Å². The summed E-state index contributed by atoms with van der Waals surface area (Å²) in [6.07, 6.45) is 5.31. The van der Waals surface area contributed by atoms with Crippen LogP contribution in [0, 0.1) is 0 Å². The Morgan fingerprint density at radius 2 is 2.22 bits per heavy atom. The molecule has 4 aromatic rings. The van der Waals surface area contributed by atoms with Gasteiger partial charge in [0.2, 0.25) is 5.78 Å². The maximum Gasteiger partial charge on any atom is 0.345 e. The third-order valence-electron chi connectivity index (χ3n) is 4.96. The summed E-state index contributed by atoms with van der Waals surface area (Å²) in [5.74, 6) is 0.551. The molecule has 1 fully saturated rings. The van der Waals surface area contributed by atoms with E-state index in [1.165, 1.54) is 0 Å². The number of rotatable bonds is 2. The molecule has 0 amide bonds. The van der Waals surface area contributed by atoms with E-state index < -0.39 is 5.63 Å². The second-order valence-corrected chi connectivity index (χ2v) is 6.92. The van der Waals surface area contributed by atoms with Crippen LogP contribution in [0.3, 0.4) is 0 Å². The van der Waals surface area contributed by atoms with E-state index in [-0.39, 0.29) is 0 Å². The van der Waals surface area contributed by atoms with Gasteiger partial charge in [-0.3, -0.25) is 4.40 Å². The lowest BCUT2D eigenvalue weighted by Crippen LogP contribution is -2.49. The Hall–Kier alpha value is -3.19. The Labute approximate surface area is 155 Å². The van der Waals surface area contributed by atoms with Crippen LogP contribution in [-0.2, 0) is 0 Å². The van der Waals surface area contributed by atoms with Crippen LogP contribution in [0.1, 0.15) is 6.92 Å². The van der Waals surface area contributed by atoms with Crippen molar-refractivity contribution >= 4 is 22.4 Å². The molecule has 3 aromatic heterocycles. The van der Waals surface area contributed by atoms with Gasteiger partial charge in [-0.05, 0) is 31.2 Å². The summed E-state index contributed by atoms with van der Waals surface area (Å²) >= 11 is 0. The number of hydrogen-bond donors (Lipinski definition) is 1. The minimum Gasteiger partial charge on any atom is -0.422 e. The second kappa shape index (κ2) is 6.21. The summed E-state index contributed by atoms with van der Waals surface area (Å²) in [6, 6.07) is 10.1. The molecule has 0 saturated carbocycles. The van der Waals surface area contributed by atoms with E-state index in [9.17, 15) is 4.79 Å². The summed E-state index contributed by atoms with van der Waals surface area (Å²) in [5.41, 5.74) is 2.27. The molecule has 7 heteroatoms. The van der Waals surface area contributed by atoms with Crippen molar-refractivity contribution in [3.63, 3.8) is 0 Å². The molecule has 0 spiro atoms. The molecular formula is C20H19N5O2. The summed E-state index contributed by atoms with van der Waals surface area (Å²) < 4.78 is 7.42. The van der Waals surface area contributed by atoms with Crippen LogP contribution in [0.25, 0.3) is 28.0 Å². The van der Waals surface area contributed by atoms with Gasteiger partial charge in [-0.15, -0.1) is 0 Å². The number of hydrogen-bond acceptors (Lipinski definition) is 6. The summed E-state index contributed by atoms with van der Waals surface area (Å²) in [7, 11) is 0. The number of benzene rings is 1. The summed E-state index contributed by atoms with van der Waals surface area (Å²) in [5, 5.41) is 4.31. The Balaban J connectivity index is 1.57. The van der Waals surface area contributed by atoms with Gasteiger partial charge < -0.3 is 14.6 Å². The predicted molar refractivity (Wildman–Crippen MR) is 104 cm³/mol. The highest BCUT2D eigenvalue weighted by molar-refractivity contribution is 5.84. The van der Waals surface area contributed by atoms with Gasteiger partial charge in [0.1, 0.15) is 5.58 Å². The molecule has 1 N–H and O–H groups in total. The zero-order valence-corrected chi connectivity index (χ0v) is 14.9. The molecular weight excluding hydrogens is 342 g/mol. The molecule has 5 rings (SSSR count). The first kappa shape index (κ1) is 16.0. The molecule has 1 aliphatic rings. The van der Waals surface area contributed by atoms with E-state index in [0.29, 0.717) is 28.7 Å². The van der Waals surface area contributed by atoms with Crippen molar-refractivity contribution in [3.05, 3.63) is 59.3 Å². The quantitative estimate of drug-likeness (QED) is 0.552. The standard InChI is InChI=1S/C20H19N5O2/c1-13-11-24(8-6-21-13)15-4-3-14-9-16(19(26)27-18(14)10-15)17-12-25-7-2-5-22-20(25)23-17/h2-5,7,9-10,12-13,21H,6,8,11H2,1H3. The number of piperazine rings is 1. The molecule has 0 bridgehead atoms. The fourth-order valence-electron chi connectivity index (χ4n) is 3.60. The first-order valence-electron chi connectivity index (χ1n) is 9.04. The van der Waals surface area contributed by atoms with Gasteiger partial charge >= 0.3 is 5.63 Å². The molecule has 4 heterocycles. The highest BCUT2D eigenvalue weighted by atomic mass is 16.4. The molecule has 1 atom stereocenters.